The van der Waals surface area contributed by atoms with Crippen LogP contribution in [0.25, 0.3) is 10.9 Å². The van der Waals surface area contributed by atoms with Crippen LogP contribution < -0.4 is 0 Å². The summed E-state index contributed by atoms with van der Waals surface area (Å²) in [5.41, 5.74) is 5.08. The zero-order chi connectivity index (χ0) is 15.1. The molecule has 1 amide bonds. The molecule has 4 nitrogen and oxygen atoms in total. The molecule has 2 aromatic rings. The van der Waals surface area contributed by atoms with Crippen LogP contribution in [-0.4, -0.2) is 40.1 Å². The van der Waals surface area contributed by atoms with Gasteiger partial charge in [0.15, 0.2) is 0 Å². The fraction of sp³-hybridized carbons (Fsp3) is 0.471. The van der Waals surface area contributed by atoms with Gasteiger partial charge in [0.2, 0.25) is 0 Å². The number of aromatic amines is 1. The number of fused-ring (bicyclic) bond motifs is 1. The van der Waals surface area contributed by atoms with Gasteiger partial charge in [-0.1, -0.05) is 11.6 Å². The van der Waals surface area contributed by atoms with Crippen LogP contribution in [0.3, 0.4) is 0 Å². The van der Waals surface area contributed by atoms with E-state index in [0.717, 1.165) is 41.4 Å². The highest BCUT2D eigenvalue weighted by Gasteiger charge is 2.30. The fourth-order valence-corrected chi connectivity index (χ4v) is 3.43. The zero-order valence-corrected chi connectivity index (χ0v) is 12.9. The zero-order valence-electron chi connectivity index (χ0n) is 12.9. The molecule has 0 bridgehead atoms. The second-order valence-corrected chi connectivity index (χ2v) is 6.11. The molecule has 21 heavy (non-hydrogen) atoms. The van der Waals surface area contributed by atoms with Crippen LogP contribution in [0.4, 0.5) is 0 Å². The van der Waals surface area contributed by atoms with Crippen molar-refractivity contribution < 1.29 is 9.90 Å². The maximum atomic E-state index is 12.8. The third kappa shape index (κ3) is 2.23. The van der Waals surface area contributed by atoms with E-state index in [9.17, 15) is 9.90 Å². The van der Waals surface area contributed by atoms with Gasteiger partial charge in [-0.3, -0.25) is 4.79 Å². The highest BCUT2D eigenvalue weighted by atomic mass is 16.3. The van der Waals surface area contributed by atoms with Crippen LogP contribution in [0.15, 0.2) is 12.1 Å². The molecule has 1 aliphatic rings. The molecule has 0 radical (unpaired) electrons. The Bertz CT molecular complexity index is 702. The number of carbonyl (C=O) groups excluding carboxylic acids is 1. The monoisotopic (exact) mass is 286 g/mol. The average Bonchev–Trinajstić information content (AvgIpc) is 3.04. The van der Waals surface area contributed by atoms with Gasteiger partial charge in [-0.15, -0.1) is 0 Å². The Morgan fingerprint density at radius 2 is 2.14 bits per heavy atom. The van der Waals surface area contributed by atoms with E-state index in [1.807, 2.05) is 6.92 Å². The van der Waals surface area contributed by atoms with Crippen molar-refractivity contribution in [3.05, 3.63) is 34.5 Å². The van der Waals surface area contributed by atoms with Crippen molar-refractivity contribution in [3.8, 4) is 0 Å². The Labute approximate surface area is 124 Å². The second-order valence-electron chi connectivity index (χ2n) is 6.11. The number of nitrogens with one attached hydrogen (secondary N) is 1. The number of nitrogens with zero attached hydrogens (tertiary/aromatic N) is 1. The molecule has 0 spiro atoms. The average molecular weight is 286 g/mol. The van der Waals surface area contributed by atoms with E-state index in [4.69, 9.17) is 0 Å². The Kier molecular flexibility index (Phi) is 3.49. The van der Waals surface area contributed by atoms with Crippen molar-refractivity contribution in [2.24, 2.45) is 0 Å². The van der Waals surface area contributed by atoms with E-state index in [-0.39, 0.29) is 18.6 Å². The van der Waals surface area contributed by atoms with Crippen molar-refractivity contribution in [2.45, 2.75) is 39.7 Å². The number of aliphatic hydroxyl groups excluding tert-OH is 1. The second kappa shape index (κ2) is 5.19. The number of amides is 1. The van der Waals surface area contributed by atoms with Gasteiger partial charge in [0.1, 0.15) is 5.69 Å². The van der Waals surface area contributed by atoms with Gasteiger partial charge < -0.3 is 15.0 Å². The molecule has 1 fully saturated rings. The van der Waals surface area contributed by atoms with Crippen LogP contribution in [0.1, 0.15) is 40.0 Å². The van der Waals surface area contributed by atoms with Crippen molar-refractivity contribution >= 4 is 16.8 Å². The Hall–Kier alpha value is -1.81. The molecule has 2 heterocycles. The van der Waals surface area contributed by atoms with Gasteiger partial charge in [-0.05, 0) is 50.8 Å². The molecular weight excluding hydrogens is 264 g/mol. The number of benzene rings is 1. The first-order valence-corrected chi connectivity index (χ1v) is 7.54. The molecule has 0 saturated carbocycles. The summed E-state index contributed by atoms with van der Waals surface area (Å²) < 4.78 is 0. The van der Waals surface area contributed by atoms with Crippen molar-refractivity contribution in [1.82, 2.24) is 9.88 Å². The summed E-state index contributed by atoms with van der Waals surface area (Å²) in [6, 6.07) is 4.21. The minimum Gasteiger partial charge on any atom is -0.394 e. The predicted octanol–water partition coefficient (Wildman–Crippen LogP) is 2.69. The first-order valence-electron chi connectivity index (χ1n) is 7.54. The van der Waals surface area contributed by atoms with E-state index >= 15 is 0 Å². The Balaban J connectivity index is 2.06. The van der Waals surface area contributed by atoms with E-state index in [2.05, 4.69) is 31.0 Å². The maximum Gasteiger partial charge on any atom is 0.270 e. The summed E-state index contributed by atoms with van der Waals surface area (Å²) >= 11 is 0. The summed E-state index contributed by atoms with van der Waals surface area (Å²) in [7, 11) is 0. The van der Waals surface area contributed by atoms with Crippen LogP contribution in [-0.2, 0) is 0 Å². The minimum absolute atomic E-state index is 0.0114. The standard InChI is InChI=1S/C17H22N2O2/c1-10-7-11(2)15-14(8-10)12(3)16(18-15)17(21)19-6-4-5-13(19)9-20/h7-8,13,18,20H,4-6,9H2,1-3H3/t13-/m0/s1. The van der Waals surface area contributed by atoms with Crippen molar-refractivity contribution in [3.63, 3.8) is 0 Å². The lowest BCUT2D eigenvalue weighted by Gasteiger charge is -2.22. The number of rotatable bonds is 2. The van der Waals surface area contributed by atoms with Gasteiger partial charge >= 0.3 is 0 Å². The summed E-state index contributed by atoms with van der Waals surface area (Å²) in [5, 5.41) is 10.5. The van der Waals surface area contributed by atoms with E-state index in [0.29, 0.717) is 5.69 Å². The molecule has 2 N–H and O–H groups in total. The van der Waals surface area contributed by atoms with Crippen molar-refractivity contribution in [1.29, 1.82) is 0 Å². The van der Waals surface area contributed by atoms with Crippen LogP contribution in [0.5, 0.6) is 0 Å². The largest absolute Gasteiger partial charge is 0.394 e. The Morgan fingerprint density at radius 1 is 1.38 bits per heavy atom. The normalized spacial score (nSPS) is 18.7. The highest BCUT2D eigenvalue weighted by Crippen LogP contribution is 2.28. The quantitative estimate of drug-likeness (QED) is 0.892. The molecular formula is C17H22N2O2. The third-order valence-corrected chi connectivity index (χ3v) is 4.57. The fourth-order valence-electron chi connectivity index (χ4n) is 3.43. The van der Waals surface area contributed by atoms with Crippen LogP contribution in [0, 0.1) is 20.8 Å². The first-order chi connectivity index (χ1) is 10.0. The molecule has 112 valence electrons. The van der Waals surface area contributed by atoms with Gasteiger partial charge in [-0.25, -0.2) is 0 Å². The van der Waals surface area contributed by atoms with E-state index in [1.165, 1.54) is 5.56 Å². The molecule has 0 unspecified atom stereocenters. The van der Waals surface area contributed by atoms with Crippen LogP contribution in [0.2, 0.25) is 0 Å². The molecule has 1 aromatic carbocycles. The number of H-pyrrole nitrogens is 1. The topological polar surface area (TPSA) is 56.3 Å². The third-order valence-electron chi connectivity index (χ3n) is 4.57. The van der Waals surface area contributed by atoms with Gasteiger partial charge in [0, 0.05) is 17.4 Å². The minimum atomic E-state index is -0.0360. The lowest BCUT2D eigenvalue weighted by atomic mass is 10.1. The van der Waals surface area contributed by atoms with Crippen molar-refractivity contribution in [2.75, 3.05) is 13.2 Å². The summed E-state index contributed by atoms with van der Waals surface area (Å²) in [5.74, 6) is 0.0114. The molecule has 3 rings (SSSR count). The Morgan fingerprint density at radius 3 is 2.86 bits per heavy atom. The van der Waals surface area contributed by atoms with Gasteiger partial charge in [0.05, 0.1) is 12.6 Å². The molecule has 1 aliphatic heterocycles. The number of hydrogen-bond acceptors (Lipinski definition) is 2. The first kappa shape index (κ1) is 14.1. The summed E-state index contributed by atoms with van der Waals surface area (Å²) in [6.07, 6.45) is 1.86. The highest BCUT2D eigenvalue weighted by molar-refractivity contribution is 6.02. The number of aromatic nitrogens is 1. The lowest BCUT2D eigenvalue weighted by Crippen LogP contribution is -2.38. The van der Waals surface area contributed by atoms with E-state index < -0.39 is 0 Å². The van der Waals surface area contributed by atoms with Gasteiger partial charge in [-0.2, -0.15) is 0 Å². The lowest BCUT2D eigenvalue weighted by molar-refractivity contribution is 0.0672. The van der Waals surface area contributed by atoms with E-state index in [1.54, 1.807) is 4.90 Å². The summed E-state index contributed by atoms with van der Waals surface area (Å²) in [6.45, 7) is 6.91. The predicted molar refractivity (Wildman–Crippen MR) is 83.7 cm³/mol. The number of hydrogen-bond donors (Lipinski definition) is 2. The number of aliphatic hydroxyl groups is 1. The van der Waals surface area contributed by atoms with Gasteiger partial charge in [0.25, 0.3) is 5.91 Å². The van der Waals surface area contributed by atoms with Crippen LogP contribution >= 0.6 is 0 Å². The maximum absolute atomic E-state index is 12.8. The molecule has 1 aromatic heterocycles. The molecule has 0 aliphatic carbocycles. The molecule has 1 saturated heterocycles. The summed E-state index contributed by atoms with van der Waals surface area (Å²) in [4.78, 5) is 17.9. The number of likely N-dealkylation sites (tertiary alicyclic amines) is 1. The smallest absolute Gasteiger partial charge is 0.270 e. The molecule has 1 atom stereocenters. The molecule has 4 heteroatoms. The number of aryl methyl sites for hydroxylation is 3. The number of carbonyl (C=O) groups is 1. The SMILES string of the molecule is Cc1cc(C)c2[nH]c(C(=O)N3CCC[C@H]3CO)c(C)c2c1.